The monoisotopic (exact) mass is 120 g/mol. The summed E-state index contributed by atoms with van der Waals surface area (Å²) in [6.45, 7) is 2.09. The summed E-state index contributed by atoms with van der Waals surface area (Å²) in [5.74, 6) is 0. The predicted molar refractivity (Wildman–Crippen MR) is 24.5 cm³/mol. The van der Waals surface area contributed by atoms with Crippen LogP contribution in [0, 0.1) is 0 Å². The van der Waals surface area contributed by atoms with Crippen molar-refractivity contribution in [1.29, 1.82) is 0 Å². The van der Waals surface area contributed by atoms with Crippen LogP contribution in [0.15, 0.2) is 0 Å². The fraction of sp³-hybridized carbons (Fsp3) is 1.00. The van der Waals surface area contributed by atoms with E-state index in [0.29, 0.717) is 0 Å². The molecule has 0 unspecified atom stereocenters. The molecule has 2 nitrogen and oxygen atoms in total. The zero-order chi connectivity index (χ0) is 5.41. The molecule has 6 heavy (non-hydrogen) atoms. The molecule has 0 aromatic heterocycles. The molecule has 0 saturated heterocycles. The van der Waals surface area contributed by atoms with E-state index in [1.165, 1.54) is 5.28 Å². The van der Waals surface area contributed by atoms with Crippen LogP contribution < -0.4 is 9.79 Å². The Morgan fingerprint density at radius 1 is 1.67 bits per heavy atom. The molecule has 0 aliphatic heterocycles. The summed E-state index contributed by atoms with van der Waals surface area (Å²) >= 11 is 2.58. The van der Waals surface area contributed by atoms with Crippen molar-refractivity contribution in [2.45, 2.75) is 12.2 Å². The van der Waals surface area contributed by atoms with Crippen LogP contribution in [0.4, 0.5) is 0 Å². The first-order chi connectivity index (χ1) is 2.83. The molecule has 0 aliphatic carbocycles. The molecule has 0 rings (SSSR count). The Hall–Kier alpha value is 0.882. The van der Waals surface area contributed by atoms with E-state index < -0.39 is 9.03 Å². The minimum Gasteiger partial charge on any atom is -0.844 e. The van der Waals surface area contributed by atoms with Crippen LogP contribution in [0.1, 0.15) is 6.92 Å². The van der Waals surface area contributed by atoms with Gasteiger partial charge in [-0.1, -0.05) is 0 Å². The van der Waals surface area contributed by atoms with E-state index in [1.54, 1.807) is 0 Å². The summed E-state index contributed by atoms with van der Waals surface area (Å²) in [4.78, 5) is 16.8. The normalized spacial score (nSPS) is 6.17. The van der Waals surface area contributed by atoms with Crippen molar-refractivity contribution in [3.8, 4) is 0 Å². The average Bonchev–Trinajstić information content (AvgIpc) is 1.39. The van der Waals surface area contributed by atoms with Crippen LogP contribution in [0.3, 0.4) is 0 Å². The zero-order valence-corrected chi connectivity index (χ0v) is 5.76. The van der Waals surface area contributed by atoms with Crippen molar-refractivity contribution < 1.29 is 9.79 Å². The van der Waals surface area contributed by atoms with Crippen LogP contribution in [0.5, 0.6) is 0 Å². The Morgan fingerprint density at radius 3 is 1.67 bits per heavy atom. The van der Waals surface area contributed by atoms with Gasteiger partial charge < -0.3 is 18.8 Å². The maximum atomic E-state index is 8.40. The average molecular weight is 120 g/mol. The third-order valence-corrected chi connectivity index (χ3v) is 0. The third-order valence-electron chi connectivity index (χ3n) is 0. The fourth-order valence-electron chi connectivity index (χ4n) is 0. The third kappa shape index (κ3) is 94.5. The Bertz CT molecular complexity index is 13.5. The zero-order valence-electron chi connectivity index (χ0n) is 3.60. The molecule has 0 saturated carbocycles. The molecule has 0 aromatic rings. The van der Waals surface area contributed by atoms with E-state index in [1.807, 2.05) is 0 Å². The maximum absolute atomic E-state index is 8.40. The topological polar surface area (TPSA) is 46.1 Å². The van der Waals surface area contributed by atoms with Crippen LogP contribution in [0.2, 0.25) is 5.28 Å². The van der Waals surface area contributed by atoms with Crippen LogP contribution in [-0.2, 0) is 0 Å². The van der Waals surface area contributed by atoms with Gasteiger partial charge in [-0.3, -0.25) is 0 Å². The largest absolute Gasteiger partial charge is 0.844 e. The van der Waals surface area contributed by atoms with Crippen molar-refractivity contribution in [2.24, 2.45) is 0 Å². The van der Waals surface area contributed by atoms with Gasteiger partial charge in [-0.05, 0) is 0 Å². The first-order valence-electron chi connectivity index (χ1n) is 1.52. The van der Waals surface area contributed by atoms with Gasteiger partial charge in [0, 0.05) is 0 Å². The Labute approximate surface area is 47.9 Å². The molecule has 0 fully saturated rings. The summed E-state index contributed by atoms with van der Waals surface area (Å²) in [5, 5.41) is 1.17. The second kappa shape index (κ2) is 16.9. The summed E-state index contributed by atoms with van der Waals surface area (Å²) in [5.41, 5.74) is 0. The Morgan fingerprint density at radius 2 is 1.67 bits per heavy atom. The molecule has 0 heterocycles. The van der Waals surface area contributed by atoms with Crippen molar-refractivity contribution in [1.82, 2.24) is 0 Å². The van der Waals surface area contributed by atoms with Crippen molar-refractivity contribution in [3.05, 3.63) is 0 Å². The van der Waals surface area contributed by atoms with Gasteiger partial charge in [0.15, 0.2) is 0 Å². The summed E-state index contributed by atoms with van der Waals surface area (Å²) in [6, 6.07) is 0. The molecule has 0 aliphatic rings. The first kappa shape index (κ1) is 9.99. The second-order valence-corrected chi connectivity index (χ2v) is 1.47. The molecule has 0 amide bonds. The van der Waals surface area contributed by atoms with Crippen LogP contribution >= 0.6 is 9.03 Å². The van der Waals surface area contributed by atoms with E-state index in [9.17, 15) is 0 Å². The Balaban J connectivity index is 0. The van der Waals surface area contributed by atoms with Gasteiger partial charge in [0.1, 0.15) is 0 Å². The van der Waals surface area contributed by atoms with Crippen molar-refractivity contribution in [2.75, 3.05) is 0 Å². The van der Waals surface area contributed by atoms with E-state index in [-0.39, 0.29) is 0 Å². The number of hydrogen-bond donors (Lipinski definition) is 0. The minimum absolute atomic E-state index is 1.17. The van der Waals surface area contributed by atoms with Crippen molar-refractivity contribution in [3.63, 3.8) is 0 Å². The standard InChI is InChI=1S/C2H5.Al.HO2P/c1-2;;1-3-2/h1H2,2H3;;3H/q;+2;-2. The van der Waals surface area contributed by atoms with Gasteiger partial charge in [0.2, 0.25) is 0 Å². The van der Waals surface area contributed by atoms with Crippen LogP contribution in [-0.4, -0.2) is 16.3 Å². The fourth-order valence-corrected chi connectivity index (χ4v) is 0. The smallest absolute Gasteiger partial charge is 0.333 e. The van der Waals surface area contributed by atoms with Gasteiger partial charge in [0.25, 0.3) is 0 Å². The second-order valence-electron chi connectivity index (χ2n) is 0.492. The van der Waals surface area contributed by atoms with E-state index in [2.05, 4.69) is 23.2 Å². The molecular formula is C2H6AlO2P. The van der Waals surface area contributed by atoms with Crippen molar-refractivity contribution >= 4 is 25.3 Å². The summed E-state index contributed by atoms with van der Waals surface area (Å²) < 4.78 is 0. The molecule has 0 atom stereocenters. The molecule has 0 spiro atoms. The SMILES string of the molecule is C[CH2][Al+2].[O-]P[O-]. The predicted octanol–water partition coefficient (Wildman–Crippen LogP) is -1.19. The number of hydrogen-bond acceptors (Lipinski definition) is 2. The Kier molecular flexibility index (Phi) is 28.1. The van der Waals surface area contributed by atoms with E-state index in [4.69, 9.17) is 9.79 Å². The summed E-state index contributed by atoms with van der Waals surface area (Å²) in [7, 11) is -1.42. The first-order valence-corrected chi connectivity index (χ1v) is 3.16. The minimum atomic E-state index is -1.42. The van der Waals surface area contributed by atoms with Gasteiger partial charge in [-0.2, -0.15) is 0 Å². The molecular weight excluding hydrogens is 114 g/mol. The molecule has 0 bridgehead atoms. The molecule has 4 heteroatoms. The van der Waals surface area contributed by atoms with Gasteiger partial charge in [-0.25, -0.2) is 0 Å². The molecule has 0 N–H and O–H groups in total. The molecule has 0 aromatic carbocycles. The van der Waals surface area contributed by atoms with Gasteiger partial charge >= 0.3 is 28.5 Å². The quantitative estimate of drug-likeness (QED) is 0.298. The molecule has 34 valence electrons. The summed E-state index contributed by atoms with van der Waals surface area (Å²) in [6.07, 6.45) is 0. The van der Waals surface area contributed by atoms with Crippen LogP contribution in [0.25, 0.3) is 0 Å². The van der Waals surface area contributed by atoms with E-state index in [0.717, 1.165) is 0 Å². The number of rotatable bonds is 0. The van der Waals surface area contributed by atoms with Gasteiger partial charge in [0.05, 0.1) is 0 Å². The molecule has 0 radical (unpaired) electrons. The van der Waals surface area contributed by atoms with E-state index >= 15 is 0 Å². The maximum Gasteiger partial charge on any atom is -0.333 e. The van der Waals surface area contributed by atoms with Gasteiger partial charge in [-0.15, -0.1) is 0 Å².